The quantitative estimate of drug-likeness (QED) is 0.502. The van der Waals surface area contributed by atoms with Crippen molar-refractivity contribution in [2.75, 3.05) is 18.5 Å². The second-order valence-corrected chi connectivity index (χ2v) is 4.99. The van der Waals surface area contributed by atoms with Crippen molar-refractivity contribution in [1.82, 2.24) is 0 Å². The summed E-state index contributed by atoms with van der Waals surface area (Å²) in [6, 6.07) is 2.09. The van der Waals surface area contributed by atoms with E-state index in [1.807, 2.05) is 6.92 Å². The lowest BCUT2D eigenvalue weighted by Gasteiger charge is -2.17. The predicted octanol–water partition coefficient (Wildman–Crippen LogP) is 2.77. The fourth-order valence-corrected chi connectivity index (χ4v) is 2.21. The first kappa shape index (κ1) is 17.2. The summed E-state index contributed by atoms with van der Waals surface area (Å²) in [5.41, 5.74) is -0.454. The van der Waals surface area contributed by atoms with E-state index in [9.17, 15) is 14.9 Å². The molecule has 3 N–H and O–H groups in total. The van der Waals surface area contributed by atoms with Crippen LogP contribution in [-0.4, -0.2) is 34.3 Å². The minimum atomic E-state index is -1.29. The number of anilines is 1. The van der Waals surface area contributed by atoms with Gasteiger partial charge in [-0.2, -0.15) is 0 Å². The molecular formula is C13H17ClN2O5. The summed E-state index contributed by atoms with van der Waals surface area (Å²) in [6.07, 6.45) is 1.39. The molecule has 0 aliphatic heterocycles. The Balaban J connectivity index is 3.05. The summed E-state index contributed by atoms with van der Waals surface area (Å²) >= 11 is 5.95. The van der Waals surface area contributed by atoms with Gasteiger partial charge in [-0.1, -0.05) is 24.9 Å². The van der Waals surface area contributed by atoms with Gasteiger partial charge in [0.1, 0.15) is 0 Å². The highest BCUT2D eigenvalue weighted by atomic mass is 35.5. The van der Waals surface area contributed by atoms with E-state index in [2.05, 4.69) is 5.32 Å². The number of nitro groups is 1. The number of aliphatic hydroxyl groups excluding tert-OH is 1. The maximum absolute atomic E-state index is 11.2. The fourth-order valence-electron chi connectivity index (χ4n) is 1.93. The maximum Gasteiger partial charge on any atom is 0.338 e. The first-order valence-electron chi connectivity index (χ1n) is 6.46. The van der Waals surface area contributed by atoms with Crippen molar-refractivity contribution in [1.29, 1.82) is 0 Å². The number of nitrogens with one attached hydrogen (secondary N) is 1. The van der Waals surface area contributed by atoms with Crippen LogP contribution in [0.1, 0.15) is 30.1 Å². The van der Waals surface area contributed by atoms with E-state index >= 15 is 0 Å². The highest BCUT2D eigenvalue weighted by molar-refractivity contribution is 6.34. The molecule has 21 heavy (non-hydrogen) atoms. The van der Waals surface area contributed by atoms with E-state index in [4.69, 9.17) is 21.8 Å². The van der Waals surface area contributed by atoms with E-state index in [1.54, 1.807) is 0 Å². The summed E-state index contributed by atoms with van der Waals surface area (Å²) in [6.45, 7) is 2.42. The fraction of sp³-hybridized carbons (Fsp3) is 0.462. The van der Waals surface area contributed by atoms with Gasteiger partial charge < -0.3 is 15.5 Å². The number of nitro benzene ring substituents is 1. The van der Waals surface area contributed by atoms with Crippen LogP contribution >= 0.6 is 11.6 Å². The maximum atomic E-state index is 11.2. The number of hydrogen-bond donors (Lipinski definition) is 3. The minimum absolute atomic E-state index is 0.0135. The van der Waals surface area contributed by atoms with Gasteiger partial charge in [0.25, 0.3) is 5.69 Å². The van der Waals surface area contributed by atoms with Crippen molar-refractivity contribution in [3.8, 4) is 0 Å². The van der Waals surface area contributed by atoms with Crippen LogP contribution in [0, 0.1) is 16.0 Å². The number of rotatable bonds is 8. The Morgan fingerprint density at radius 3 is 2.67 bits per heavy atom. The van der Waals surface area contributed by atoms with E-state index < -0.39 is 10.9 Å². The molecule has 0 aliphatic carbocycles. The molecule has 0 radical (unpaired) electrons. The summed E-state index contributed by atoms with van der Waals surface area (Å²) < 4.78 is 0. The van der Waals surface area contributed by atoms with Gasteiger partial charge in [-0.25, -0.2) is 4.79 Å². The van der Waals surface area contributed by atoms with Crippen LogP contribution in [0.5, 0.6) is 0 Å². The number of carbonyl (C=O) groups is 1. The van der Waals surface area contributed by atoms with E-state index in [0.717, 1.165) is 18.6 Å². The van der Waals surface area contributed by atoms with Crippen molar-refractivity contribution in [3.05, 3.63) is 32.8 Å². The van der Waals surface area contributed by atoms with Crippen molar-refractivity contribution in [3.63, 3.8) is 0 Å². The largest absolute Gasteiger partial charge is 0.478 e. The third-order valence-corrected chi connectivity index (χ3v) is 3.50. The van der Waals surface area contributed by atoms with Crippen molar-refractivity contribution in [2.24, 2.45) is 5.92 Å². The molecule has 0 fully saturated rings. The first-order chi connectivity index (χ1) is 9.90. The number of non-ortho nitro benzene ring substituents is 1. The number of aromatic carboxylic acids is 1. The van der Waals surface area contributed by atoms with E-state index in [-0.39, 0.29) is 34.5 Å². The number of aliphatic hydroxyl groups is 1. The molecule has 1 rings (SSSR count). The Kier molecular flexibility index (Phi) is 6.39. The molecule has 116 valence electrons. The molecule has 1 unspecified atom stereocenters. The molecule has 0 amide bonds. The van der Waals surface area contributed by atoms with E-state index in [0.29, 0.717) is 13.0 Å². The molecule has 0 aliphatic rings. The van der Waals surface area contributed by atoms with Crippen LogP contribution < -0.4 is 5.32 Å². The molecule has 8 heteroatoms. The Hall–Kier alpha value is -1.86. The van der Waals surface area contributed by atoms with Gasteiger partial charge in [0.05, 0.1) is 21.2 Å². The van der Waals surface area contributed by atoms with Crippen molar-refractivity contribution in [2.45, 2.75) is 19.8 Å². The highest BCUT2D eigenvalue weighted by Gasteiger charge is 2.20. The summed E-state index contributed by atoms with van der Waals surface area (Å²) in [5.74, 6) is -1.14. The number of hydrogen-bond acceptors (Lipinski definition) is 5. The third-order valence-electron chi connectivity index (χ3n) is 3.20. The van der Waals surface area contributed by atoms with Gasteiger partial charge in [-0.15, -0.1) is 0 Å². The van der Waals surface area contributed by atoms with Crippen LogP contribution in [0.15, 0.2) is 12.1 Å². The summed E-state index contributed by atoms with van der Waals surface area (Å²) in [7, 11) is 0. The lowest BCUT2D eigenvalue weighted by Crippen LogP contribution is -2.17. The topological polar surface area (TPSA) is 113 Å². The Bertz CT molecular complexity index is 536. The molecule has 0 aromatic heterocycles. The van der Waals surface area contributed by atoms with Crippen molar-refractivity contribution >= 4 is 28.9 Å². The van der Waals surface area contributed by atoms with Gasteiger partial charge in [-0.05, 0) is 12.3 Å². The van der Waals surface area contributed by atoms with Crippen molar-refractivity contribution < 1.29 is 19.9 Å². The minimum Gasteiger partial charge on any atom is -0.478 e. The normalized spacial score (nSPS) is 12.0. The number of benzene rings is 1. The molecule has 0 saturated carbocycles. The SMILES string of the molecule is CCC(CCO)CNc1c(Cl)cc([N+](=O)[O-])cc1C(=O)O. The third kappa shape index (κ3) is 4.57. The van der Waals surface area contributed by atoms with Crippen LogP contribution in [0.25, 0.3) is 0 Å². The molecule has 1 atom stereocenters. The zero-order valence-electron chi connectivity index (χ0n) is 11.5. The van der Waals surface area contributed by atoms with Gasteiger partial charge in [0.2, 0.25) is 0 Å². The number of halogens is 1. The lowest BCUT2D eigenvalue weighted by atomic mass is 10.0. The molecule has 1 aromatic rings. The number of carboxylic acid groups (broad SMARTS) is 1. The van der Waals surface area contributed by atoms with Crippen LogP contribution in [-0.2, 0) is 0 Å². The second kappa shape index (κ2) is 7.80. The smallest absolute Gasteiger partial charge is 0.338 e. The number of nitrogens with zero attached hydrogens (tertiary/aromatic N) is 1. The standard InChI is InChI=1S/C13H17ClN2O5/c1-2-8(3-4-17)7-15-12-10(13(18)19)5-9(16(20)21)6-11(12)14/h5-6,8,15,17H,2-4,7H2,1H3,(H,18,19). The van der Waals surface area contributed by atoms with Crippen LogP contribution in [0.3, 0.4) is 0 Å². The van der Waals surface area contributed by atoms with Crippen LogP contribution in [0.4, 0.5) is 11.4 Å². The molecule has 1 aromatic carbocycles. The average molecular weight is 317 g/mol. The second-order valence-electron chi connectivity index (χ2n) is 4.58. The molecule has 0 bridgehead atoms. The van der Waals surface area contributed by atoms with Gasteiger partial charge in [0.15, 0.2) is 0 Å². The first-order valence-corrected chi connectivity index (χ1v) is 6.84. The van der Waals surface area contributed by atoms with Gasteiger partial charge in [0, 0.05) is 25.3 Å². The molecule has 0 saturated heterocycles. The molecular weight excluding hydrogens is 300 g/mol. The van der Waals surface area contributed by atoms with E-state index in [1.165, 1.54) is 0 Å². The zero-order chi connectivity index (χ0) is 16.0. The van der Waals surface area contributed by atoms with Gasteiger partial charge in [-0.3, -0.25) is 10.1 Å². The molecule has 0 heterocycles. The Morgan fingerprint density at radius 1 is 1.52 bits per heavy atom. The highest BCUT2D eigenvalue weighted by Crippen LogP contribution is 2.31. The van der Waals surface area contributed by atoms with Gasteiger partial charge >= 0.3 is 5.97 Å². The average Bonchev–Trinajstić information content (AvgIpc) is 2.43. The lowest BCUT2D eigenvalue weighted by molar-refractivity contribution is -0.384. The Morgan fingerprint density at radius 2 is 2.19 bits per heavy atom. The molecule has 0 spiro atoms. The predicted molar refractivity (Wildman–Crippen MR) is 79.0 cm³/mol. The monoisotopic (exact) mass is 316 g/mol. The number of carboxylic acids is 1. The summed E-state index contributed by atoms with van der Waals surface area (Å²) in [4.78, 5) is 21.3. The Labute approximate surface area is 126 Å². The summed E-state index contributed by atoms with van der Waals surface area (Å²) in [5, 5.41) is 31.7. The molecule has 7 nitrogen and oxygen atoms in total. The van der Waals surface area contributed by atoms with Crippen LogP contribution in [0.2, 0.25) is 5.02 Å². The zero-order valence-corrected chi connectivity index (χ0v) is 12.3.